The first-order valence-corrected chi connectivity index (χ1v) is 7.86. The van der Waals surface area contributed by atoms with E-state index in [1.807, 2.05) is 0 Å². The molecule has 1 aromatic rings. The molecule has 116 valence electrons. The molecule has 0 unspecified atom stereocenters. The summed E-state index contributed by atoms with van der Waals surface area (Å²) >= 11 is 0. The van der Waals surface area contributed by atoms with Gasteiger partial charge in [-0.2, -0.15) is 0 Å². The highest BCUT2D eigenvalue weighted by atomic mass is 16.5. The fourth-order valence-electron chi connectivity index (χ4n) is 3.11. The zero-order valence-electron chi connectivity index (χ0n) is 13.0. The van der Waals surface area contributed by atoms with Crippen molar-refractivity contribution in [3.8, 4) is 5.75 Å². The van der Waals surface area contributed by atoms with Crippen LogP contribution in [0.3, 0.4) is 0 Å². The normalized spacial score (nSPS) is 17.8. The van der Waals surface area contributed by atoms with Crippen molar-refractivity contribution in [3.63, 3.8) is 0 Å². The number of amides is 1. The first kappa shape index (κ1) is 15.7. The zero-order chi connectivity index (χ0) is 15.2. The summed E-state index contributed by atoms with van der Waals surface area (Å²) in [4.78, 5) is 12.4. The van der Waals surface area contributed by atoms with Gasteiger partial charge in [0.1, 0.15) is 5.75 Å². The van der Waals surface area contributed by atoms with Gasteiger partial charge in [-0.25, -0.2) is 0 Å². The molecule has 1 aromatic carbocycles. The Morgan fingerprint density at radius 1 is 1.29 bits per heavy atom. The van der Waals surface area contributed by atoms with Crippen molar-refractivity contribution in [1.29, 1.82) is 0 Å². The lowest BCUT2D eigenvalue weighted by molar-refractivity contribution is 0.0921. The van der Waals surface area contributed by atoms with Crippen LogP contribution in [0.1, 0.15) is 55.8 Å². The highest BCUT2D eigenvalue weighted by Crippen LogP contribution is 2.26. The third-order valence-corrected chi connectivity index (χ3v) is 4.44. The van der Waals surface area contributed by atoms with Crippen molar-refractivity contribution in [2.45, 2.75) is 51.5 Å². The third-order valence-electron chi connectivity index (χ3n) is 4.44. The summed E-state index contributed by atoms with van der Waals surface area (Å²) in [6.45, 7) is 2.11. The Morgan fingerprint density at radius 2 is 1.95 bits per heavy atom. The third kappa shape index (κ3) is 4.13. The lowest BCUT2D eigenvalue weighted by Gasteiger charge is -2.24. The van der Waals surface area contributed by atoms with Gasteiger partial charge in [-0.15, -0.1) is 0 Å². The molecular formula is C17H26N2O2. The first-order valence-electron chi connectivity index (χ1n) is 7.86. The van der Waals surface area contributed by atoms with Crippen molar-refractivity contribution in [2.24, 2.45) is 5.92 Å². The summed E-state index contributed by atoms with van der Waals surface area (Å²) in [5.41, 5.74) is 6.87. The summed E-state index contributed by atoms with van der Waals surface area (Å²) in [5, 5.41) is 3.13. The van der Waals surface area contributed by atoms with Gasteiger partial charge in [0, 0.05) is 17.8 Å². The van der Waals surface area contributed by atoms with Crippen molar-refractivity contribution in [1.82, 2.24) is 5.32 Å². The summed E-state index contributed by atoms with van der Waals surface area (Å²) in [7, 11) is 1.56. The molecule has 4 nitrogen and oxygen atoms in total. The van der Waals surface area contributed by atoms with E-state index < -0.39 is 0 Å². The molecule has 1 amide bonds. The van der Waals surface area contributed by atoms with E-state index in [1.54, 1.807) is 25.3 Å². The molecule has 1 fully saturated rings. The smallest absolute Gasteiger partial charge is 0.255 e. The summed E-state index contributed by atoms with van der Waals surface area (Å²) < 4.78 is 5.25. The number of nitrogen functional groups attached to an aromatic ring is 1. The number of hydrogen-bond donors (Lipinski definition) is 2. The van der Waals surface area contributed by atoms with E-state index in [1.165, 1.54) is 38.5 Å². The maximum absolute atomic E-state index is 12.4. The van der Waals surface area contributed by atoms with E-state index in [2.05, 4.69) is 12.2 Å². The molecule has 1 atom stereocenters. The second-order valence-electron chi connectivity index (χ2n) is 5.97. The maximum atomic E-state index is 12.4. The topological polar surface area (TPSA) is 64.3 Å². The number of nitrogens with two attached hydrogens (primary N) is 1. The molecule has 4 heteroatoms. The fourth-order valence-corrected chi connectivity index (χ4v) is 3.11. The molecule has 2 rings (SSSR count). The van der Waals surface area contributed by atoms with Crippen LogP contribution in [0.25, 0.3) is 0 Å². The molecule has 0 bridgehead atoms. The molecule has 0 aliphatic heterocycles. The van der Waals surface area contributed by atoms with Crippen molar-refractivity contribution < 1.29 is 9.53 Å². The molecule has 0 aromatic heterocycles. The largest absolute Gasteiger partial charge is 0.496 e. The molecule has 3 N–H and O–H groups in total. The van der Waals surface area contributed by atoms with Gasteiger partial charge < -0.3 is 15.8 Å². The standard InChI is InChI=1S/C17H26N2O2/c1-12(13-7-5-3-4-6-8-13)19-17(20)15-10-9-14(18)11-16(15)21-2/h9-13H,3-8,18H2,1-2H3,(H,19,20)/t12-/m1/s1. The Hall–Kier alpha value is -1.71. The van der Waals surface area contributed by atoms with Crippen LogP contribution in [0.2, 0.25) is 0 Å². The zero-order valence-corrected chi connectivity index (χ0v) is 13.0. The molecule has 21 heavy (non-hydrogen) atoms. The Morgan fingerprint density at radius 3 is 2.57 bits per heavy atom. The molecule has 0 saturated heterocycles. The number of benzene rings is 1. The number of methoxy groups -OCH3 is 1. The highest BCUT2D eigenvalue weighted by molar-refractivity contribution is 5.97. The van der Waals surface area contributed by atoms with Crippen LogP contribution in [0.15, 0.2) is 18.2 Å². The number of ether oxygens (including phenoxy) is 1. The SMILES string of the molecule is COc1cc(N)ccc1C(=O)N[C@H](C)C1CCCCCC1. The first-order chi connectivity index (χ1) is 10.1. The lowest BCUT2D eigenvalue weighted by Crippen LogP contribution is -2.38. The number of carbonyl (C=O) groups excluding carboxylic acids is 1. The summed E-state index contributed by atoms with van der Waals surface area (Å²) in [6, 6.07) is 5.33. The van der Waals surface area contributed by atoms with Gasteiger partial charge in [-0.05, 0) is 37.8 Å². The Balaban J connectivity index is 2.03. The van der Waals surface area contributed by atoms with Crippen molar-refractivity contribution in [3.05, 3.63) is 23.8 Å². The predicted octanol–water partition coefficient (Wildman–Crippen LogP) is 3.37. The van der Waals surface area contributed by atoms with Crippen molar-refractivity contribution in [2.75, 3.05) is 12.8 Å². The molecule has 0 heterocycles. The number of carbonyl (C=O) groups is 1. The van der Waals surface area contributed by atoms with E-state index in [0.29, 0.717) is 22.9 Å². The monoisotopic (exact) mass is 290 g/mol. The minimum Gasteiger partial charge on any atom is -0.496 e. The lowest BCUT2D eigenvalue weighted by atomic mass is 9.93. The second kappa shape index (κ2) is 7.34. The molecule has 1 aliphatic carbocycles. The minimum absolute atomic E-state index is 0.0800. The van der Waals surface area contributed by atoms with Crippen LogP contribution >= 0.6 is 0 Å². The van der Waals surface area contributed by atoms with E-state index in [9.17, 15) is 4.79 Å². The minimum atomic E-state index is -0.0800. The van der Waals surface area contributed by atoms with Crippen LogP contribution in [-0.4, -0.2) is 19.1 Å². The number of rotatable bonds is 4. The van der Waals surface area contributed by atoms with Crippen LogP contribution in [0, 0.1) is 5.92 Å². The van der Waals surface area contributed by atoms with Crippen LogP contribution in [0.5, 0.6) is 5.75 Å². The second-order valence-corrected chi connectivity index (χ2v) is 5.97. The van der Waals surface area contributed by atoms with E-state index in [0.717, 1.165) is 0 Å². The molecule has 1 aliphatic rings. The summed E-state index contributed by atoms with van der Waals surface area (Å²) in [6.07, 6.45) is 7.61. The van der Waals surface area contributed by atoms with E-state index in [4.69, 9.17) is 10.5 Å². The number of nitrogens with one attached hydrogen (secondary N) is 1. The van der Waals surface area contributed by atoms with Crippen LogP contribution in [-0.2, 0) is 0 Å². The average molecular weight is 290 g/mol. The van der Waals surface area contributed by atoms with Gasteiger partial charge in [0.2, 0.25) is 0 Å². The Kier molecular flexibility index (Phi) is 5.48. The maximum Gasteiger partial charge on any atom is 0.255 e. The van der Waals surface area contributed by atoms with Gasteiger partial charge >= 0.3 is 0 Å². The molecule has 0 radical (unpaired) electrons. The molecule has 0 spiro atoms. The van der Waals surface area contributed by atoms with E-state index in [-0.39, 0.29) is 11.9 Å². The fraction of sp³-hybridized carbons (Fsp3) is 0.588. The molecular weight excluding hydrogens is 264 g/mol. The van der Waals surface area contributed by atoms with Crippen LogP contribution in [0.4, 0.5) is 5.69 Å². The highest BCUT2D eigenvalue weighted by Gasteiger charge is 2.22. The Bertz CT molecular complexity index is 480. The average Bonchev–Trinajstić information content (AvgIpc) is 2.75. The Labute approximate surface area is 127 Å². The van der Waals surface area contributed by atoms with Crippen molar-refractivity contribution >= 4 is 11.6 Å². The van der Waals surface area contributed by atoms with Gasteiger partial charge in [0.05, 0.1) is 12.7 Å². The van der Waals surface area contributed by atoms with Crippen LogP contribution < -0.4 is 15.8 Å². The predicted molar refractivity (Wildman–Crippen MR) is 85.5 cm³/mol. The number of anilines is 1. The van der Waals surface area contributed by atoms with Gasteiger partial charge in [0.25, 0.3) is 5.91 Å². The van der Waals surface area contributed by atoms with E-state index >= 15 is 0 Å². The quantitative estimate of drug-likeness (QED) is 0.660. The number of hydrogen-bond acceptors (Lipinski definition) is 3. The summed E-state index contributed by atoms with van der Waals surface area (Å²) in [5.74, 6) is 1.03. The molecule has 1 saturated carbocycles. The van der Waals surface area contributed by atoms with Gasteiger partial charge in [-0.3, -0.25) is 4.79 Å². The van der Waals surface area contributed by atoms with Gasteiger partial charge in [-0.1, -0.05) is 25.7 Å². The van der Waals surface area contributed by atoms with Gasteiger partial charge in [0.15, 0.2) is 0 Å².